The van der Waals surface area contributed by atoms with E-state index in [1.165, 1.54) is 17.3 Å². The standard InChI is InChI=1S/C23H25N5O5S/c1-34(30,31)20-5-2-16(3-6-20)18-4-7-21-19(12-18)14-32-23(33-21)17-8-10-27(11-9-17)22(29)13-28-15-24-25-26-28/h2-7,12,15,17,23H,8-11,13-14H2,1H3. The van der Waals surface area contributed by atoms with Crippen molar-refractivity contribution in [1.29, 1.82) is 0 Å². The summed E-state index contributed by atoms with van der Waals surface area (Å²) in [6.07, 6.45) is 3.88. The second-order valence-electron chi connectivity index (χ2n) is 8.64. The van der Waals surface area contributed by atoms with Crippen molar-refractivity contribution in [2.45, 2.75) is 37.2 Å². The first-order valence-corrected chi connectivity index (χ1v) is 13.0. The third-order valence-electron chi connectivity index (χ3n) is 6.29. The predicted octanol–water partition coefficient (Wildman–Crippen LogP) is 1.92. The van der Waals surface area contributed by atoms with Crippen molar-refractivity contribution in [3.05, 3.63) is 54.4 Å². The van der Waals surface area contributed by atoms with Crippen molar-refractivity contribution in [2.24, 2.45) is 5.92 Å². The molecule has 178 valence electrons. The number of sulfone groups is 1. The van der Waals surface area contributed by atoms with Crippen LogP contribution in [-0.2, 0) is 32.5 Å². The van der Waals surface area contributed by atoms with E-state index in [-0.39, 0.29) is 24.7 Å². The van der Waals surface area contributed by atoms with Crippen LogP contribution in [0.25, 0.3) is 11.1 Å². The Morgan fingerprint density at radius 1 is 1.09 bits per heavy atom. The summed E-state index contributed by atoms with van der Waals surface area (Å²) in [4.78, 5) is 14.6. The van der Waals surface area contributed by atoms with Crippen molar-refractivity contribution in [2.75, 3.05) is 19.3 Å². The lowest BCUT2D eigenvalue weighted by Crippen LogP contribution is -2.45. The highest BCUT2D eigenvalue weighted by atomic mass is 32.2. The van der Waals surface area contributed by atoms with Gasteiger partial charge in [0.2, 0.25) is 12.2 Å². The van der Waals surface area contributed by atoms with E-state index in [4.69, 9.17) is 9.47 Å². The zero-order valence-electron chi connectivity index (χ0n) is 18.7. The number of likely N-dealkylation sites (tertiary alicyclic amines) is 1. The number of hydrogen-bond donors (Lipinski definition) is 0. The van der Waals surface area contributed by atoms with Crippen LogP contribution >= 0.6 is 0 Å². The maximum atomic E-state index is 12.4. The number of aromatic nitrogens is 4. The van der Waals surface area contributed by atoms with Crippen molar-refractivity contribution in [3.63, 3.8) is 0 Å². The van der Waals surface area contributed by atoms with E-state index in [2.05, 4.69) is 15.5 Å². The number of carbonyl (C=O) groups is 1. The highest BCUT2D eigenvalue weighted by Gasteiger charge is 2.33. The molecular formula is C23H25N5O5S. The molecule has 2 aliphatic rings. The maximum absolute atomic E-state index is 12.4. The maximum Gasteiger partial charge on any atom is 0.244 e. The average molecular weight is 484 g/mol. The molecule has 34 heavy (non-hydrogen) atoms. The molecule has 1 amide bonds. The third-order valence-corrected chi connectivity index (χ3v) is 7.42. The van der Waals surface area contributed by atoms with Crippen molar-refractivity contribution in [1.82, 2.24) is 25.1 Å². The molecule has 10 nitrogen and oxygen atoms in total. The lowest BCUT2D eigenvalue weighted by atomic mass is 9.95. The van der Waals surface area contributed by atoms with Gasteiger partial charge in [-0.25, -0.2) is 13.1 Å². The van der Waals surface area contributed by atoms with Crippen LogP contribution in [0.15, 0.2) is 53.7 Å². The van der Waals surface area contributed by atoms with Gasteiger partial charge in [0.25, 0.3) is 0 Å². The first-order valence-electron chi connectivity index (χ1n) is 11.1. The molecule has 5 rings (SSSR count). The first-order chi connectivity index (χ1) is 16.4. The van der Waals surface area contributed by atoms with Gasteiger partial charge in [-0.3, -0.25) is 4.79 Å². The Bertz CT molecular complexity index is 1270. The second kappa shape index (κ2) is 9.15. The van der Waals surface area contributed by atoms with E-state index >= 15 is 0 Å². The third kappa shape index (κ3) is 4.80. The van der Waals surface area contributed by atoms with E-state index in [1.54, 1.807) is 24.3 Å². The number of carbonyl (C=O) groups excluding carboxylic acids is 1. The SMILES string of the molecule is CS(=O)(=O)c1ccc(-c2ccc3c(c2)COC(C2CCN(C(=O)Cn4cnnn4)CC2)O3)cc1. The number of tetrazole rings is 1. The minimum Gasteiger partial charge on any atom is -0.464 e. The molecule has 1 unspecified atom stereocenters. The second-order valence-corrected chi connectivity index (χ2v) is 10.7. The van der Waals surface area contributed by atoms with Gasteiger partial charge in [0.1, 0.15) is 18.6 Å². The lowest BCUT2D eigenvalue weighted by Gasteiger charge is -2.37. The van der Waals surface area contributed by atoms with Crippen LogP contribution in [0.1, 0.15) is 18.4 Å². The van der Waals surface area contributed by atoms with Crippen LogP contribution in [0.4, 0.5) is 0 Å². The largest absolute Gasteiger partial charge is 0.464 e. The van der Waals surface area contributed by atoms with Crippen LogP contribution in [0, 0.1) is 5.92 Å². The minimum absolute atomic E-state index is 0.00123. The molecule has 0 spiro atoms. The highest BCUT2D eigenvalue weighted by molar-refractivity contribution is 7.90. The number of fused-ring (bicyclic) bond motifs is 1. The summed E-state index contributed by atoms with van der Waals surface area (Å²) in [7, 11) is -3.22. The molecule has 1 fully saturated rings. The number of nitrogens with zero attached hydrogens (tertiary/aromatic N) is 5. The molecule has 2 aliphatic heterocycles. The van der Waals surface area contributed by atoms with E-state index in [1.807, 2.05) is 23.1 Å². The van der Waals surface area contributed by atoms with Crippen LogP contribution in [0.5, 0.6) is 5.75 Å². The monoisotopic (exact) mass is 483 g/mol. The average Bonchev–Trinajstić information content (AvgIpc) is 3.36. The van der Waals surface area contributed by atoms with E-state index in [0.717, 1.165) is 35.3 Å². The normalized spacial score (nSPS) is 18.9. The zero-order chi connectivity index (χ0) is 23.7. The molecular weight excluding hydrogens is 458 g/mol. The Morgan fingerprint density at radius 3 is 2.50 bits per heavy atom. The number of hydrogen-bond acceptors (Lipinski definition) is 8. The first kappa shape index (κ1) is 22.5. The Morgan fingerprint density at radius 2 is 1.82 bits per heavy atom. The summed E-state index contributed by atoms with van der Waals surface area (Å²) >= 11 is 0. The lowest BCUT2D eigenvalue weighted by molar-refractivity contribution is -0.154. The Kier molecular flexibility index (Phi) is 6.05. The summed E-state index contributed by atoms with van der Waals surface area (Å²) in [5, 5.41) is 10.9. The summed E-state index contributed by atoms with van der Waals surface area (Å²) in [5.74, 6) is 0.997. The fourth-order valence-electron chi connectivity index (χ4n) is 4.36. The van der Waals surface area contributed by atoms with Gasteiger partial charge in [-0.2, -0.15) is 0 Å². The van der Waals surface area contributed by atoms with Crippen molar-refractivity contribution >= 4 is 15.7 Å². The van der Waals surface area contributed by atoms with Gasteiger partial charge in [0.05, 0.1) is 11.5 Å². The van der Waals surface area contributed by atoms with E-state index in [9.17, 15) is 13.2 Å². The predicted molar refractivity (Wildman–Crippen MR) is 121 cm³/mol. The smallest absolute Gasteiger partial charge is 0.244 e. The van der Waals surface area contributed by atoms with E-state index < -0.39 is 9.84 Å². The van der Waals surface area contributed by atoms with Crippen molar-refractivity contribution in [3.8, 4) is 16.9 Å². The molecule has 0 N–H and O–H groups in total. The topological polar surface area (TPSA) is 117 Å². The molecule has 0 bridgehead atoms. The quantitative estimate of drug-likeness (QED) is 0.540. The Balaban J connectivity index is 1.19. The molecule has 0 saturated carbocycles. The van der Waals surface area contributed by atoms with Crippen molar-refractivity contribution < 1.29 is 22.7 Å². The number of ether oxygens (including phenoxy) is 2. The van der Waals surface area contributed by atoms with Crippen LogP contribution in [0.3, 0.4) is 0 Å². The molecule has 0 radical (unpaired) electrons. The van der Waals surface area contributed by atoms with E-state index in [0.29, 0.717) is 24.6 Å². The van der Waals surface area contributed by atoms with Crippen LogP contribution in [0.2, 0.25) is 0 Å². The summed E-state index contributed by atoms with van der Waals surface area (Å²) < 4.78 is 37.0. The molecule has 2 aromatic carbocycles. The van der Waals surface area contributed by atoms with Gasteiger partial charge in [0, 0.05) is 30.8 Å². The number of rotatable bonds is 5. The molecule has 3 aromatic rings. The van der Waals surface area contributed by atoms with Gasteiger partial charge in [0.15, 0.2) is 9.84 Å². The van der Waals surface area contributed by atoms with Gasteiger partial charge in [-0.1, -0.05) is 18.2 Å². The van der Waals surface area contributed by atoms with Crippen LogP contribution in [-0.4, -0.2) is 65.1 Å². The number of piperidine rings is 1. The summed E-state index contributed by atoms with van der Waals surface area (Å²) in [6, 6.07) is 12.8. The molecule has 3 heterocycles. The number of amides is 1. The summed E-state index contributed by atoms with van der Waals surface area (Å²) in [6.45, 7) is 1.86. The Labute approximate surface area is 197 Å². The van der Waals surface area contributed by atoms with Gasteiger partial charge in [-0.15, -0.1) is 5.10 Å². The van der Waals surface area contributed by atoms with Gasteiger partial charge >= 0.3 is 0 Å². The molecule has 0 aliphatic carbocycles. The molecule has 1 aromatic heterocycles. The van der Waals surface area contributed by atoms with Crippen LogP contribution < -0.4 is 4.74 Å². The van der Waals surface area contributed by atoms with Gasteiger partial charge < -0.3 is 14.4 Å². The van der Waals surface area contributed by atoms with Gasteiger partial charge in [-0.05, 0) is 58.7 Å². The molecule has 11 heteroatoms. The fourth-order valence-corrected chi connectivity index (χ4v) is 4.99. The molecule has 1 saturated heterocycles. The highest BCUT2D eigenvalue weighted by Crippen LogP contribution is 2.35. The minimum atomic E-state index is -3.22. The fraction of sp³-hybridized carbons (Fsp3) is 0.391. The number of benzene rings is 2. The zero-order valence-corrected chi connectivity index (χ0v) is 19.5. The summed E-state index contributed by atoms with van der Waals surface area (Å²) in [5.41, 5.74) is 2.85. The molecule has 1 atom stereocenters. The Hall–Kier alpha value is -3.31.